The van der Waals surface area contributed by atoms with E-state index in [0.717, 1.165) is 5.57 Å². The zero-order valence-corrected chi connectivity index (χ0v) is 6.09. The first kappa shape index (κ1) is 8.44. The summed E-state index contributed by atoms with van der Waals surface area (Å²) in [4.78, 5) is 0. The first-order valence-electron chi connectivity index (χ1n) is 3.11. The smallest absolute Gasteiger partial charge is 0.0639 e. The fourth-order valence-electron chi connectivity index (χ4n) is 0.570. The van der Waals surface area contributed by atoms with Gasteiger partial charge in [-0.3, -0.25) is 0 Å². The number of aliphatic hydroxyl groups excluding tert-OH is 1. The lowest BCUT2D eigenvalue weighted by atomic mass is 10.1. The molecule has 0 aromatic rings. The fraction of sp³-hybridized carbons (Fsp3) is 0.500. The van der Waals surface area contributed by atoms with Gasteiger partial charge in [0.05, 0.1) is 6.61 Å². The van der Waals surface area contributed by atoms with E-state index in [9.17, 15) is 0 Å². The second kappa shape index (κ2) is 4.33. The maximum atomic E-state index is 8.58. The van der Waals surface area contributed by atoms with E-state index in [4.69, 9.17) is 5.11 Å². The van der Waals surface area contributed by atoms with Gasteiger partial charge in [-0.25, -0.2) is 0 Å². The van der Waals surface area contributed by atoms with Gasteiger partial charge in [-0.1, -0.05) is 24.6 Å². The standard InChI is InChI=1S/C8H14O/c1-4-7(2)5-8(3)6-9/h4-5,7,9H,1,6H2,2-3H3/b8-5-. The molecule has 52 valence electrons. The summed E-state index contributed by atoms with van der Waals surface area (Å²) in [6.07, 6.45) is 3.84. The molecule has 0 radical (unpaired) electrons. The molecule has 1 heteroatoms. The highest BCUT2D eigenvalue weighted by Crippen LogP contribution is 2.01. The summed E-state index contributed by atoms with van der Waals surface area (Å²) in [5.74, 6) is 0.372. The SMILES string of the molecule is C=CC(C)/C=C(/C)CO. The fourth-order valence-corrected chi connectivity index (χ4v) is 0.570. The van der Waals surface area contributed by atoms with Crippen molar-refractivity contribution in [2.75, 3.05) is 6.61 Å². The molecule has 0 rings (SSSR count). The molecule has 0 aliphatic rings. The summed E-state index contributed by atoms with van der Waals surface area (Å²) >= 11 is 0. The van der Waals surface area contributed by atoms with Crippen molar-refractivity contribution < 1.29 is 5.11 Å². The van der Waals surface area contributed by atoms with Crippen molar-refractivity contribution in [1.82, 2.24) is 0 Å². The van der Waals surface area contributed by atoms with Gasteiger partial charge in [-0.05, 0) is 12.8 Å². The van der Waals surface area contributed by atoms with E-state index in [1.165, 1.54) is 0 Å². The first-order valence-corrected chi connectivity index (χ1v) is 3.11. The molecule has 0 saturated carbocycles. The van der Waals surface area contributed by atoms with Gasteiger partial charge in [-0.2, -0.15) is 0 Å². The van der Waals surface area contributed by atoms with Crippen LogP contribution in [0.2, 0.25) is 0 Å². The quantitative estimate of drug-likeness (QED) is 0.571. The molecule has 0 fully saturated rings. The second-order valence-corrected chi connectivity index (χ2v) is 2.27. The zero-order valence-electron chi connectivity index (χ0n) is 6.09. The number of allylic oxidation sites excluding steroid dienone is 2. The minimum Gasteiger partial charge on any atom is -0.392 e. The second-order valence-electron chi connectivity index (χ2n) is 2.27. The molecule has 0 aromatic carbocycles. The highest BCUT2D eigenvalue weighted by atomic mass is 16.3. The van der Waals surface area contributed by atoms with Crippen molar-refractivity contribution >= 4 is 0 Å². The molecular weight excluding hydrogens is 112 g/mol. The minimum absolute atomic E-state index is 0.151. The Kier molecular flexibility index (Phi) is 4.06. The highest BCUT2D eigenvalue weighted by molar-refractivity contribution is 5.04. The Bertz CT molecular complexity index is 114. The predicted octanol–water partition coefficient (Wildman–Crippen LogP) is 1.75. The van der Waals surface area contributed by atoms with Crippen molar-refractivity contribution in [2.45, 2.75) is 13.8 Å². The third-order valence-electron chi connectivity index (χ3n) is 1.17. The summed E-state index contributed by atoms with van der Waals surface area (Å²) < 4.78 is 0. The van der Waals surface area contributed by atoms with Gasteiger partial charge >= 0.3 is 0 Å². The summed E-state index contributed by atoms with van der Waals surface area (Å²) in [7, 11) is 0. The lowest BCUT2D eigenvalue weighted by Crippen LogP contribution is -1.88. The van der Waals surface area contributed by atoms with Crippen molar-refractivity contribution in [3.05, 3.63) is 24.3 Å². The Morgan fingerprint density at radius 1 is 1.78 bits per heavy atom. The van der Waals surface area contributed by atoms with E-state index in [1.807, 2.05) is 26.0 Å². The number of rotatable bonds is 3. The maximum Gasteiger partial charge on any atom is 0.0639 e. The van der Waals surface area contributed by atoms with Crippen molar-refractivity contribution in [1.29, 1.82) is 0 Å². The van der Waals surface area contributed by atoms with E-state index in [2.05, 4.69) is 6.58 Å². The third-order valence-corrected chi connectivity index (χ3v) is 1.17. The number of hydrogen-bond donors (Lipinski definition) is 1. The van der Waals surface area contributed by atoms with Crippen LogP contribution in [0.3, 0.4) is 0 Å². The molecule has 0 bridgehead atoms. The lowest BCUT2D eigenvalue weighted by molar-refractivity contribution is 0.330. The average Bonchev–Trinajstić information content (AvgIpc) is 1.87. The Balaban J connectivity index is 3.78. The Morgan fingerprint density at radius 2 is 2.33 bits per heavy atom. The van der Waals surface area contributed by atoms with Gasteiger partial charge < -0.3 is 5.11 Å². The lowest BCUT2D eigenvalue weighted by Gasteiger charge is -1.98. The van der Waals surface area contributed by atoms with Gasteiger partial charge in [0.2, 0.25) is 0 Å². The van der Waals surface area contributed by atoms with Gasteiger partial charge in [0, 0.05) is 0 Å². The molecule has 0 saturated heterocycles. The minimum atomic E-state index is 0.151. The summed E-state index contributed by atoms with van der Waals surface area (Å²) in [6, 6.07) is 0. The van der Waals surface area contributed by atoms with Gasteiger partial charge in [0.1, 0.15) is 0 Å². The van der Waals surface area contributed by atoms with Gasteiger partial charge in [-0.15, -0.1) is 6.58 Å². The van der Waals surface area contributed by atoms with Crippen LogP contribution in [0.5, 0.6) is 0 Å². The van der Waals surface area contributed by atoms with E-state index in [-0.39, 0.29) is 6.61 Å². The molecule has 0 aliphatic heterocycles. The Morgan fingerprint density at radius 3 is 2.67 bits per heavy atom. The third kappa shape index (κ3) is 3.98. The van der Waals surface area contributed by atoms with Crippen LogP contribution >= 0.6 is 0 Å². The van der Waals surface area contributed by atoms with E-state index in [0.29, 0.717) is 5.92 Å². The normalized spacial score (nSPS) is 15.2. The molecule has 0 aliphatic carbocycles. The molecule has 0 aromatic heterocycles. The van der Waals surface area contributed by atoms with Gasteiger partial charge in [0.15, 0.2) is 0 Å². The van der Waals surface area contributed by atoms with Crippen LogP contribution in [-0.4, -0.2) is 11.7 Å². The molecule has 0 heterocycles. The van der Waals surface area contributed by atoms with Crippen LogP contribution in [0.4, 0.5) is 0 Å². The topological polar surface area (TPSA) is 20.2 Å². The zero-order chi connectivity index (χ0) is 7.28. The largest absolute Gasteiger partial charge is 0.392 e. The first-order chi connectivity index (χ1) is 4.20. The maximum absolute atomic E-state index is 8.58. The Hall–Kier alpha value is -0.560. The van der Waals surface area contributed by atoms with Crippen LogP contribution < -0.4 is 0 Å². The van der Waals surface area contributed by atoms with Crippen LogP contribution in [0.1, 0.15) is 13.8 Å². The average molecular weight is 126 g/mol. The van der Waals surface area contributed by atoms with Crippen molar-refractivity contribution in [2.24, 2.45) is 5.92 Å². The molecule has 0 amide bonds. The highest BCUT2D eigenvalue weighted by Gasteiger charge is 1.89. The molecule has 9 heavy (non-hydrogen) atoms. The van der Waals surface area contributed by atoms with E-state index in [1.54, 1.807) is 0 Å². The molecule has 0 spiro atoms. The number of aliphatic hydroxyl groups is 1. The molecular formula is C8H14O. The molecule has 1 atom stereocenters. The summed E-state index contributed by atoms with van der Waals surface area (Å²) in [5, 5.41) is 8.58. The summed E-state index contributed by atoms with van der Waals surface area (Å²) in [5.41, 5.74) is 1.00. The monoisotopic (exact) mass is 126 g/mol. The van der Waals surface area contributed by atoms with Crippen molar-refractivity contribution in [3.63, 3.8) is 0 Å². The van der Waals surface area contributed by atoms with Gasteiger partial charge in [0.25, 0.3) is 0 Å². The molecule has 1 N–H and O–H groups in total. The van der Waals surface area contributed by atoms with E-state index < -0.39 is 0 Å². The van der Waals surface area contributed by atoms with Crippen molar-refractivity contribution in [3.8, 4) is 0 Å². The predicted molar refractivity (Wildman–Crippen MR) is 40.2 cm³/mol. The molecule has 1 unspecified atom stereocenters. The van der Waals surface area contributed by atoms with Crippen LogP contribution in [0, 0.1) is 5.92 Å². The number of hydrogen-bond acceptors (Lipinski definition) is 1. The van der Waals surface area contributed by atoms with Crippen LogP contribution in [0.15, 0.2) is 24.3 Å². The summed E-state index contributed by atoms with van der Waals surface area (Å²) in [6.45, 7) is 7.71. The van der Waals surface area contributed by atoms with Crippen LogP contribution in [-0.2, 0) is 0 Å². The Labute approximate surface area is 56.7 Å². The van der Waals surface area contributed by atoms with E-state index >= 15 is 0 Å². The molecule has 1 nitrogen and oxygen atoms in total. The van der Waals surface area contributed by atoms with Crippen LogP contribution in [0.25, 0.3) is 0 Å².